The number of nitrogens with zero attached hydrogens (tertiary/aromatic N) is 6. The van der Waals surface area contributed by atoms with E-state index in [1.54, 1.807) is 34.9 Å². The van der Waals surface area contributed by atoms with Crippen molar-refractivity contribution in [3.05, 3.63) is 66.2 Å². The van der Waals surface area contributed by atoms with Gasteiger partial charge in [-0.15, -0.1) is 0 Å². The number of nitrogens with one attached hydrogen (secondary N) is 1. The fourth-order valence-corrected chi connectivity index (χ4v) is 3.24. The molecule has 0 aliphatic carbocycles. The molecule has 1 aromatic carbocycles. The molecule has 0 unspecified atom stereocenters. The van der Waals surface area contributed by atoms with Gasteiger partial charge in [-0.2, -0.15) is 15.3 Å². The second-order valence-electron chi connectivity index (χ2n) is 6.58. The van der Waals surface area contributed by atoms with Gasteiger partial charge in [-0.25, -0.2) is 4.68 Å². The Morgan fingerprint density at radius 1 is 1.07 bits per heavy atom. The Hall–Kier alpha value is -3.68. The van der Waals surface area contributed by atoms with Crippen LogP contribution in [-0.2, 0) is 18.4 Å². The number of para-hydroxylation sites is 1. The van der Waals surface area contributed by atoms with Crippen molar-refractivity contribution in [1.82, 2.24) is 29.3 Å². The van der Waals surface area contributed by atoms with E-state index in [1.165, 1.54) is 0 Å². The number of hydrogen-bond donors (Lipinski definition) is 1. The zero-order chi connectivity index (χ0) is 19.7. The molecule has 3 heterocycles. The number of anilines is 1. The molecule has 0 radical (unpaired) electrons. The molecule has 142 valence electrons. The molecule has 0 saturated carbocycles. The van der Waals surface area contributed by atoms with Crippen molar-refractivity contribution >= 4 is 11.7 Å². The van der Waals surface area contributed by atoms with E-state index in [0.29, 0.717) is 5.82 Å². The van der Waals surface area contributed by atoms with Crippen molar-refractivity contribution in [2.24, 2.45) is 7.05 Å². The molecule has 0 bridgehead atoms. The smallest absolute Gasteiger partial charge is 0.247 e. The highest BCUT2D eigenvalue weighted by atomic mass is 16.2. The molecule has 28 heavy (non-hydrogen) atoms. The number of carbonyl (C=O) groups is 1. The minimum absolute atomic E-state index is 0.121. The second-order valence-corrected chi connectivity index (χ2v) is 6.58. The van der Waals surface area contributed by atoms with Crippen LogP contribution in [0.3, 0.4) is 0 Å². The monoisotopic (exact) mass is 375 g/mol. The SMILES string of the molecule is Cc1nn(-c2ccccc2)c(C)c1-c1ccn(CC(=O)Nc2ccnn2C)n1. The minimum atomic E-state index is -0.160. The van der Waals surface area contributed by atoms with Crippen molar-refractivity contribution in [3.8, 4) is 16.9 Å². The molecule has 0 aliphatic heterocycles. The van der Waals surface area contributed by atoms with Crippen molar-refractivity contribution < 1.29 is 4.79 Å². The maximum Gasteiger partial charge on any atom is 0.247 e. The molecule has 4 aromatic rings. The lowest BCUT2D eigenvalue weighted by atomic mass is 10.1. The summed E-state index contributed by atoms with van der Waals surface area (Å²) < 4.78 is 5.15. The third kappa shape index (κ3) is 3.32. The average molecular weight is 375 g/mol. The van der Waals surface area contributed by atoms with Crippen LogP contribution in [0, 0.1) is 13.8 Å². The summed E-state index contributed by atoms with van der Waals surface area (Å²) >= 11 is 0. The van der Waals surface area contributed by atoms with Crippen LogP contribution in [0.4, 0.5) is 5.82 Å². The Balaban J connectivity index is 1.55. The van der Waals surface area contributed by atoms with Crippen molar-refractivity contribution in [2.45, 2.75) is 20.4 Å². The molecular formula is C20H21N7O. The Morgan fingerprint density at radius 3 is 2.57 bits per heavy atom. The van der Waals surface area contributed by atoms with Gasteiger partial charge in [0.25, 0.3) is 0 Å². The normalized spacial score (nSPS) is 11.0. The zero-order valence-electron chi connectivity index (χ0n) is 16.0. The summed E-state index contributed by atoms with van der Waals surface area (Å²) in [6, 6.07) is 13.6. The van der Waals surface area contributed by atoms with Crippen LogP contribution in [0.2, 0.25) is 0 Å². The summed E-state index contributed by atoms with van der Waals surface area (Å²) in [6.45, 7) is 4.11. The minimum Gasteiger partial charge on any atom is -0.309 e. The topological polar surface area (TPSA) is 82.6 Å². The highest BCUT2D eigenvalue weighted by Crippen LogP contribution is 2.27. The molecule has 3 aromatic heterocycles. The molecule has 0 atom stereocenters. The Kier molecular flexibility index (Phi) is 4.52. The number of rotatable bonds is 5. The third-order valence-corrected chi connectivity index (χ3v) is 4.58. The molecule has 1 amide bonds. The predicted octanol–water partition coefficient (Wildman–Crippen LogP) is 2.72. The first kappa shape index (κ1) is 17.7. The Morgan fingerprint density at radius 2 is 1.86 bits per heavy atom. The van der Waals surface area contributed by atoms with Gasteiger partial charge in [0.2, 0.25) is 5.91 Å². The van der Waals surface area contributed by atoms with Crippen molar-refractivity contribution in [1.29, 1.82) is 0 Å². The van der Waals surface area contributed by atoms with E-state index in [9.17, 15) is 4.79 Å². The van der Waals surface area contributed by atoms with Gasteiger partial charge < -0.3 is 5.32 Å². The summed E-state index contributed by atoms with van der Waals surface area (Å²) in [5.74, 6) is 0.486. The predicted molar refractivity (Wildman–Crippen MR) is 106 cm³/mol. The summed E-state index contributed by atoms with van der Waals surface area (Å²) in [5, 5.41) is 16.1. The van der Waals surface area contributed by atoms with Gasteiger partial charge in [0.1, 0.15) is 12.4 Å². The van der Waals surface area contributed by atoms with E-state index < -0.39 is 0 Å². The van der Waals surface area contributed by atoms with Gasteiger partial charge >= 0.3 is 0 Å². The standard InChI is InChI=1S/C20H21N7O/c1-14-20(15(2)27(23-14)16-7-5-4-6-8-16)17-10-12-26(24-17)13-19(28)22-18-9-11-21-25(18)3/h4-12H,13H2,1-3H3,(H,22,28). The fraction of sp³-hybridized carbons (Fsp3) is 0.200. The molecule has 1 N–H and O–H groups in total. The fourth-order valence-electron chi connectivity index (χ4n) is 3.24. The molecule has 8 heteroatoms. The molecule has 0 saturated heterocycles. The van der Waals surface area contributed by atoms with E-state index in [0.717, 1.165) is 28.3 Å². The first-order chi connectivity index (χ1) is 13.5. The van der Waals surface area contributed by atoms with E-state index >= 15 is 0 Å². The van der Waals surface area contributed by atoms with Gasteiger partial charge in [-0.1, -0.05) is 18.2 Å². The number of aryl methyl sites for hydroxylation is 2. The molecule has 0 aliphatic rings. The number of carbonyl (C=O) groups excluding carboxylic acids is 1. The first-order valence-corrected chi connectivity index (χ1v) is 8.96. The van der Waals surface area contributed by atoms with E-state index in [2.05, 4.69) is 20.6 Å². The van der Waals surface area contributed by atoms with Crippen LogP contribution < -0.4 is 5.32 Å². The van der Waals surface area contributed by atoms with Crippen LogP contribution in [0.5, 0.6) is 0 Å². The highest BCUT2D eigenvalue weighted by molar-refractivity contribution is 5.89. The van der Waals surface area contributed by atoms with E-state index in [4.69, 9.17) is 0 Å². The lowest BCUT2D eigenvalue weighted by molar-refractivity contribution is -0.116. The van der Waals surface area contributed by atoms with E-state index in [1.807, 2.05) is 54.9 Å². The Bertz CT molecular complexity index is 1120. The van der Waals surface area contributed by atoms with Gasteiger partial charge in [-0.05, 0) is 32.0 Å². The number of aromatic nitrogens is 6. The summed E-state index contributed by atoms with van der Waals surface area (Å²) in [7, 11) is 1.78. The van der Waals surface area contributed by atoms with Crippen LogP contribution in [0.25, 0.3) is 16.9 Å². The first-order valence-electron chi connectivity index (χ1n) is 8.96. The van der Waals surface area contributed by atoms with Crippen LogP contribution in [0.15, 0.2) is 54.9 Å². The number of hydrogen-bond acceptors (Lipinski definition) is 4. The highest BCUT2D eigenvalue weighted by Gasteiger charge is 2.17. The van der Waals surface area contributed by atoms with Crippen LogP contribution in [0.1, 0.15) is 11.4 Å². The van der Waals surface area contributed by atoms with Crippen LogP contribution in [-0.4, -0.2) is 35.2 Å². The van der Waals surface area contributed by atoms with Gasteiger partial charge in [-0.3, -0.25) is 14.2 Å². The third-order valence-electron chi connectivity index (χ3n) is 4.58. The number of amides is 1. The van der Waals surface area contributed by atoms with Gasteiger partial charge in [0.15, 0.2) is 0 Å². The average Bonchev–Trinajstić information content (AvgIpc) is 3.36. The molecular weight excluding hydrogens is 354 g/mol. The van der Waals surface area contributed by atoms with Crippen molar-refractivity contribution in [3.63, 3.8) is 0 Å². The number of benzene rings is 1. The lowest BCUT2D eigenvalue weighted by Gasteiger charge is -2.05. The van der Waals surface area contributed by atoms with Gasteiger partial charge in [0.05, 0.1) is 29.0 Å². The molecule has 0 fully saturated rings. The maximum atomic E-state index is 12.3. The summed E-state index contributed by atoms with van der Waals surface area (Å²) in [4.78, 5) is 12.3. The van der Waals surface area contributed by atoms with E-state index in [-0.39, 0.29) is 12.5 Å². The van der Waals surface area contributed by atoms with Crippen LogP contribution >= 0.6 is 0 Å². The molecule has 4 rings (SSSR count). The Labute approximate surface area is 162 Å². The zero-order valence-corrected chi connectivity index (χ0v) is 16.0. The van der Waals surface area contributed by atoms with Gasteiger partial charge in [0, 0.05) is 24.9 Å². The van der Waals surface area contributed by atoms with Crippen molar-refractivity contribution in [2.75, 3.05) is 5.32 Å². The summed E-state index contributed by atoms with van der Waals surface area (Å²) in [5.41, 5.74) is 4.68. The lowest BCUT2D eigenvalue weighted by Crippen LogP contribution is -2.20. The largest absolute Gasteiger partial charge is 0.309 e. The summed E-state index contributed by atoms with van der Waals surface area (Å²) in [6.07, 6.45) is 3.44. The maximum absolute atomic E-state index is 12.3. The molecule has 8 nitrogen and oxygen atoms in total. The second kappa shape index (κ2) is 7.15. The molecule has 0 spiro atoms. The quantitative estimate of drug-likeness (QED) is 0.581.